The van der Waals surface area contributed by atoms with E-state index in [0.29, 0.717) is 18.8 Å². The molecule has 0 bridgehead atoms. The molecule has 0 heterocycles. The number of para-hydroxylation sites is 1. The molecule has 1 aromatic carbocycles. The Kier molecular flexibility index (Phi) is 7.66. The van der Waals surface area contributed by atoms with E-state index in [2.05, 4.69) is 15.4 Å². The van der Waals surface area contributed by atoms with Crippen LogP contribution < -0.4 is 15.4 Å². The van der Waals surface area contributed by atoms with Crippen LogP contribution in [0.4, 0.5) is 5.69 Å². The Balaban J connectivity index is 2.63. The fraction of sp³-hybridized carbons (Fsp3) is 0.571. The molecule has 0 aliphatic heterocycles. The highest BCUT2D eigenvalue weighted by Gasteiger charge is 2.18. The number of benzene rings is 1. The van der Waals surface area contributed by atoms with Crippen LogP contribution in [0.3, 0.4) is 0 Å². The second-order valence-electron chi connectivity index (χ2n) is 4.94. The lowest BCUT2D eigenvalue weighted by atomic mass is 10.3. The second-order valence-corrected chi connectivity index (χ2v) is 6.62. The first-order chi connectivity index (χ1) is 9.97. The number of rotatable bonds is 10. The van der Waals surface area contributed by atoms with Crippen molar-refractivity contribution in [3.8, 4) is 0 Å². The monoisotopic (exact) mass is 315 g/mol. The summed E-state index contributed by atoms with van der Waals surface area (Å²) in [6.45, 7) is 6.39. The molecule has 0 spiro atoms. The molecule has 0 amide bonds. The molecule has 0 saturated carbocycles. The molecule has 0 aliphatic rings. The van der Waals surface area contributed by atoms with Crippen molar-refractivity contribution in [1.29, 1.82) is 0 Å². The minimum atomic E-state index is -3.49. The van der Waals surface area contributed by atoms with Gasteiger partial charge in [-0.05, 0) is 26.0 Å². The van der Waals surface area contributed by atoms with Crippen LogP contribution in [-0.2, 0) is 14.8 Å². The molecule has 0 aromatic heterocycles. The molecule has 0 atom stereocenters. The van der Waals surface area contributed by atoms with E-state index in [9.17, 15) is 8.42 Å². The lowest BCUT2D eigenvalue weighted by Gasteiger charge is -2.15. The molecular formula is C14H25N3O3S. The van der Waals surface area contributed by atoms with Gasteiger partial charge in [0.15, 0.2) is 0 Å². The zero-order chi connectivity index (χ0) is 15.7. The highest BCUT2D eigenvalue weighted by molar-refractivity contribution is 7.89. The van der Waals surface area contributed by atoms with Crippen molar-refractivity contribution in [2.45, 2.75) is 24.8 Å². The lowest BCUT2D eigenvalue weighted by molar-refractivity contribution is 0.200. The van der Waals surface area contributed by atoms with Crippen molar-refractivity contribution >= 4 is 15.7 Å². The zero-order valence-corrected chi connectivity index (χ0v) is 13.7. The van der Waals surface area contributed by atoms with Crippen LogP contribution in [-0.4, -0.2) is 47.8 Å². The van der Waals surface area contributed by atoms with Crippen LogP contribution in [0.25, 0.3) is 0 Å². The maximum atomic E-state index is 12.3. The molecule has 6 nitrogen and oxygen atoms in total. The predicted octanol–water partition coefficient (Wildman–Crippen LogP) is 1.02. The third kappa shape index (κ3) is 6.43. The molecule has 0 fully saturated rings. The van der Waals surface area contributed by atoms with Gasteiger partial charge in [-0.2, -0.15) is 0 Å². The zero-order valence-electron chi connectivity index (χ0n) is 12.8. The Morgan fingerprint density at radius 1 is 1.14 bits per heavy atom. The number of nitrogens with one attached hydrogen (secondary N) is 3. The summed E-state index contributed by atoms with van der Waals surface area (Å²) in [4.78, 5) is 0.274. The average molecular weight is 315 g/mol. The van der Waals surface area contributed by atoms with E-state index in [0.717, 1.165) is 13.1 Å². The summed E-state index contributed by atoms with van der Waals surface area (Å²) >= 11 is 0. The topological polar surface area (TPSA) is 79.5 Å². The van der Waals surface area contributed by atoms with Gasteiger partial charge in [0.1, 0.15) is 4.90 Å². The molecular weight excluding hydrogens is 290 g/mol. The highest BCUT2D eigenvalue weighted by atomic mass is 32.2. The van der Waals surface area contributed by atoms with E-state index in [1.54, 1.807) is 39.2 Å². The molecule has 21 heavy (non-hydrogen) atoms. The molecule has 1 aromatic rings. The smallest absolute Gasteiger partial charge is 0.242 e. The number of ether oxygens (including phenoxy) is 1. The van der Waals surface area contributed by atoms with E-state index >= 15 is 0 Å². The minimum Gasteiger partial charge on any atom is -0.383 e. The van der Waals surface area contributed by atoms with Crippen molar-refractivity contribution in [1.82, 2.24) is 10.0 Å². The summed E-state index contributed by atoms with van der Waals surface area (Å²) in [5, 5.41) is 6.34. The number of hydrogen-bond acceptors (Lipinski definition) is 5. The van der Waals surface area contributed by atoms with Crippen molar-refractivity contribution < 1.29 is 13.2 Å². The quantitative estimate of drug-likeness (QED) is 0.562. The van der Waals surface area contributed by atoms with E-state index in [1.807, 2.05) is 6.07 Å². The van der Waals surface area contributed by atoms with Crippen molar-refractivity contribution in [2.24, 2.45) is 0 Å². The third-order valence-electron chi connectivity index (χ3n) is 2.67. The van der Waals surface area contributed by atoms with Crippen molar-refractivity contribution in [2.75, 3.05) is 38.7 Å². The largest absolute Gasteiger partial charge is 0.383 e. The number of methoxy groups -OCH3 is 1. The van der Waals surface area contributed by atoms with Gasteiger partial charge in [-0.15, -0.1) is 0 Å². The summed E-state index contributed by atoms with van der Waals surface area (Å²) in [5.41, 5.74) is 0.610. The Bertz CT molecular complexity index is 518. The molecule has 0 unspecified atom stereocenters. The third-order valence-corrected chi connectivity index (χ3v) is 4.38. The molecule has 0 aliphatic carbocycles. The lowest BCUT2D eigenvalue weighted by Crippen LogP contribution is -2.31. The molecule has 120 valence electrons. The highest BCUT2D eigenvalue weighted by Crippen LogP contribution is 2.20. The van der Waals surface area contributed by atoms with Gasteiger partial charge in [0, 0.05) is 32.8 Å². The summed E-state index contributed by atoms with van der Waals surface area (Å²) in [5.74, 6) is 0. The summed E-state index contributed by atoms with van der Waals surface area (Å²) in [6.07, 6.45) is 0. The molecule has 1 rings (SSSR count). The second kappa shape index (κ2) is 8.99. The normalized spacial score (nSPS) is 11.8. The fourth-order valence-electron chi connectivity index (χ4n) is 1.81. The van der Waals surface area contributed by atoms with Gasteiger partial charge < -0.3 is 15.4 Å². The predicted molar refractivity (Wildman–Crippen MR) is 85.1 cm³/mol. The Morgan fingerprint density at radius 2 is 1.86 bits per heavy atom. The fourth-order valence-corrected chi connectivity index (χ4v) is 3.24. The van der Waals surface area contributed by atoms with Crippen molar-refractivity contribution in [3.63, 3.8) is 0 Å². The average Bonchev–Trinajstić information content (AvgIpc) is 2.41. The Labute approximate surface area is 127 Å². The molecule has 3 N–H and O–H groups in total. The van der Waals surface area contributed by atoms with Gasteiger partial charge in [-0.25, -0.2) is 13.1 Å². The maximum Gasteiger partial charge on any atom is 0.242 e. The summed E-state index contributed by atoms with van der Waals surface area (Å²) in [6, 6.07) is 6.76. The van der Waals surface area contributed by atoms with Gasteiger partial charge in [-0.1, -0.05) is 12.1 Å². The van der Waals surface area contributed by atoms with Crippen LogP contribution in [0.2, 0.25) is 0 Å². The number of hydrogen-bond donors (Lipinski definition) is 3. The van der Waals surface area contributed by atoms with E-state index in [-0.39, 0.29) is 10.9 Å². The first-order valence-corrected chi connectivity index (χ1v) is 8.50. The number of anilines is 1. The summed E-state index contributed by atoms with van der Waals surface area (Å²) in [7, 11) is -1.84. The van der Waals surface area contributed by atoms with Crippen LogP contribution in [0.5, 0.6) is 0 Å². The summed E-state index contributed by atoms with van der Waals surface area (Å²) < 4.78 is 32.0. The van der Waals surface area contributed by atoms with Crippen LogP contribution in [0.1, 0.15) is 13.8 Å². The van der Waals surface area contributed by atoms with Crippen LogP contribution >= 0.6 is 0 Å². The first kappa shape index (κ1) is 17.9. The van der Waals surface area contributed by atoms with Crippen LogP contribution in [0, 0.1) is 0 Å². The Hall–Kier alpha value is -1.15. The standard InChI is InChI=1S/C14H25N3O3S/c1-12(2)17-21(18,19)14-7-5-4-6-13(14)16-9-8-15-10-11-20-3/h4-7,12,15-17H,8-11H2,1-3H3. The SMILES string of the molecule is COCCNCCNc1ccccc1S(=O)(=O)NC(C)C. The van der Waals surface area contributed by atoms with E-state index in [4.69, 9.17) is 4.74 Å². The van der Waals surface area contributed by atoms with Crippen molar-refractivity contribution in [3.05, 3.63) is 24.3 Å². The van der Waals surface area contributed by atoms with Gasteiger partial charge in [0.25, 0.3) is 0 Å². The Morgan fingerprint density at radius 3 is 2.52 bits per heavy atom. The van der Waals surface area contributed by atoms with E-state index in [1.165, 1.54) is 0 Å². The minimum absolute atomic E-state index is 0.140. The van der Waals surface area contributed by atoms with Gasteiger partial charge in [0.2, 0.25) is 10.0 Å². The molecule has 0 saturated heterocycles. The van der Waals surface area contributed by atoms with E-state index < -0.39 is 10.0 Å². The molecule has 0 radical (unpaired) electrons. The maximum absolute atomic E-state index is 12.3. The molecule has 7 heteroatoms. The van der Waals surface area contributed by atoms with Gasteiger partial charge in [0.05, 0.1) is 12.3 Å². The van der Waals surface area contributed by atoms with Gasteiger partial charge in [-0.3, -0.25) is 0 Å². The number of sulfonamides is 1. The first-order valence-electron chi connectivity index (χ1n) is 7.02. The van der Waals surface area contributed by atoms with Gasteiger partial charge >= 0.3 is 0 Å². The van der Waals surface area contributed by atoms with Crippen LogP contribution in [0.15, 0.2) is 29.2 Å².